The molecule has 1 saturated heterocycles. The van der Waals surface area contributed by atoms with Crippen molar-refractivity contribution in [3.05, 3.63) is 11.9 Å². The molecule has 7 nitrogen and oxygen atoms in total. The van der Waals surface area contributed by atoms with Gasteiger partial charge in [-0.3, -0.25) is 0 Å². The van der Waals surface area contributed by atoms with Crippen LogP contribution in [0.15, 0.2) is 6.33 Å². The summed E-state index contributed by atoms with van der Waals surface area (Å²) in [6, 6.07) is 0. The van der Waals surface area contributed by atoms with E-state index in [0.29, 0.717) is 32.2 Å². The van der Waals surface area contributed by atoms with E-state index in [4.69, 9.17) is 15.3 Å². The van der Waals surface area contributed by atoms with Crippen LogP contribution in [0.3, 0.4) is 0 Å². The molecule has 0 aliphatic carbocycles. The third-order valence-corrected chi connectivity index (χ3v) is 2.60. The predicted molar refractivity (Wildman–Crippen MR) is 63.6 cm³/mol. The van der Waals surface area contributed by atoms with Gasteiger partial charge in [0.05, 0.1) is 25.9 Å². The molecule has 0 bridgehead atoms. The second kappa shape index (κ2) is 5.76. The highest BCUT2D eigenvalue weighted by Crippen LogP contribution is 2.17. The molecular formula is C10H17N5O2. The lowest BCUT2D eigenvalue weighted by atomic mass is 10.3. The first-order chi connectivity index (χ1) is 8.31. The Morgan fingerprint density at radius 3 is 2.94 bits per heavy atom. The van der Waals surface area contributed by atoms with Crippen LogP contribution in [0.1, 0.15) is 5.56 Å². The zero-order valence-corrected chi connectivity index (χ0v) is 9.77. The van der Waals surface area contributed by atoms with Crippen molar-refractivity contribution in [2.75, 3.05) is 37.1 Å². The normalized spacial score (nSPS) is 20.0. The lowest BCUT2D eigenvalue weighted by Gasteiger charge is -2.23. The number of hydrogen-bond acceptors (Lipinski definition) is 7. The molecule has 0 saturated carbocycles. The highest BCUT2D eigenvalue weighted by molar-refractivity contribution is 5.55. The van der Waals surface area contributed by atoms with Gasteiger partial charge in [-0.15, -0.1) is 0 Å². The number of hydrogen-bond donors (Lipinski definition) is 3. The Morgan fingerprint density at radius 2 is 2.24 bits per heavy atom. The molecule has 1 aliphatic rings. The molecular weight excluding hydrogens is 222 g/mol. The maximum atomic E-state index is 5.52. The van der Waals surface area contributed by atoms with E-state index < -0.39 is 0 Å². The van der Waals surface area contributed by atoms with E-state index in [0.717, 1.165) is 11.4 Å². The molecule has 1 aliphatic heterocycles. The van der Waals surface area contributed by atoms with Crippen molar-refractivity contribution < 1.29 is 9.47 Å². The quantitative estimate of drug-likeness (QED) is 0.499. The Morgan fingerprint density at radius 1 is 1.41 bits per heavy atom. The van der Waals surface area contributed by atoms with Crippen molar-refractivity contribution in [3.8, 4) is 0 Å². The molecule has 1 fully saturated rings. The van der Waals surface area contributed by atoms with Crippen LogP contribution < -0.4 is 16.6 Å². The molecule has 4 N–H and O–H groups in total. The molecule has 17 heavy (non-hydrogen) atoms. The predicted octanol–water partition coefficient (Wildman–Crippen LogP) is -0.102. The summed E-state index contributed by atoms with van der Waals surface area (Å²) < 4.78 is 10.8. The van der Waals surface area contributed by atoms with Crippen LogP contribution in [0.2, 0.25) is 0 Å². The van der Waals surface area contributed by atoms with Crippen molar-refractivity contribution in [2.24, 2.45) is 5.84 Å². The lowest BCUT2D eigenvalue weighted by Crippen LogP contribution is -2.34. The highest BCUT2D eigenvalue weighted by atomic mass is 16.6. The number of nitrogens with zero attached hydrogens (tertiary/aromatic N) is 2. The fourth-order valence-corrected chi connectivity index (χ4v) is 1.64. The van der Waals surface area contributed by atoms with Crippen LogP contribution in [0.25, 0.3) is 0 Å². The molecule has 2 heterocycles. The van der Waals surface area contributed by atoms with Crippen LogP contribution in [-0.4, -0.2) is 42.4 Å². The third-order valence-electron chi connectivity index (χ3n) is 2.60. The largest absolute Gasteiger partial charge is 0.376 e. The van der Waals surface area contributed by atoms with Crippen molar-refractivity contribution >= 4 is 11.6 Å². The minimum absolute atomic E-state index is 0.0624. The third kappa shape index (κ3) is 3.02. The van der Waals surface area contributed by atoms with Crippen LogP contribution in [0.4, 0.5) is 11.6 Å². The average Bonchev–Trinajstić information content (AvgIpc) is 2.39. The number of hydrazine groups is 1. The Bertz CT molecular complexity index is 368. The molecule has 1 unspecified atom stereocenters. The van der Waals surface area contributed by atoms with Gasteiger partial charge in [-0.25, -0.2) is 15.8 Å². The van der Waals surface area contributed by atoms with E-state index in [1.165, 1.54) is 6.33 Å². The van der Waals surface area contributed by atoms with Crippen LogP contribution in [0.5, 0.6) is 0 Å². The lowest BCUT2D eigenvalue weighted by molar-refractivity contribution is -0.0819. The van der Waals surface area contributed by atoms with Gasteiger partial charge < -0.3 is 20.2 Å². The van der Waals surface area contributed by atoms with Crippen LogP contribution >= 0.6 is 0 Å². The number of anilines is 2. The molecule has 1 aromatic heterocycles. The van der Waals surface area contributed by atoms with E-state index in [1.807, 2.05) is 6.92 Å². The molecule has 7 heteroatoms. The average molecular weight is 239 g/mol. The summed E-state index contributed by atoms with van der Waals surface area (Å²) in [6.45, 7) is 4.48. The number of ether oxygens (including phenoxy) is 2. The molecule has 0 amide bonds. The van der Waals surface area contributed by atoms with Crippen LogP contribution in [0, 0.1) is 6.92 Å². The van der Waals surface area contributed by atoms with Gasteiger partial charge in [0, 0.05) is 12.1 Å². The van der Waals surface area contributed by atoms with Gasteiger partial charge in [-0.2, -0.15) is 0 Å². The summed E-state index contributed by atoms with van der Waals surface area (Å²) in [5.74, 6) is 6.71. The van der Waals surface area contributed by atoms with Crippen molar-refractivity contribution in [1.29, 1.82) is 0 Å². The molecule has 0 aromatic carbocycles. The van der Waals surface area contributed by atoms with Crippen molar-refractivity contribution in [3.63, 3.8) is 0 Å². The summed E-state index contributed by atoms with van der Waals surface area (Å²) >= 11 is 0. The maximum Gasteiger partial charge on any atom is 0.148 e. The number of rotatable bonds is 4. The van der Waals surface area contributed by atoms with E-state index in [-0.39, 0.29) is 6.10 Å². The second-order valence-corrected chi connectivity index (χ2v) is 3.79. The van der Waals surface area contributed by atoms with E-state index in [1.54, 1.807) is 0 Å². The van der Waals surface area contributed by atoms with E-state index in [2.05, 4.69) is 20.7 Å². The van der Waals surface area contributed by atoms with Gasteiger partial charge >= 0.3 is 0 Å². The summed E-state index contributed by atoms with van der Waals surface area (Å²) in [6.07, 6.45) is 1.52. The SMILES string of the molecule is Cc1c(NN)ncnc1NCC1COCCO1. The fourth-order valence-electron chi connectivity index (χ4n) is 1.64. The Kier molecular flexibility index (Phi) is 4.08. The number of aromatic nitrogens is 2. The summed E-state index contributed by atoms with van der Waals surface area (Å²) in [4.78, 5) is 8.17. The zero-order valence-electron chi connectivity index (χ0n) is 9.77. The fraction of sp³-hybridized carbons (Fsp3) is 0.600. The molecule has 0 spiro atoms. The second-order valence-electron chi connectivity index (χ2n) is 3.79. The Labute approximate surface area is 99.7 Å². The minimum Gasteiger partial charge on any atom is -0.376 e. The van der Waals surface area contributed by atoms with Gasteiger partial charge in [-0.1, -0.05) is 0 Å². The van der Waals surface area contributed by atoms with Gasteiger partial charge in [0.25, 0.3) is 0 Å². The molecule has 2 rings (SSSR count). The van der Waals surface area contributed by atoms with Gasteiger partial charge in [-0.05, 0) is 6.92 Å². The van der Waals surface area contributed by atoms with Gasteiger partial charge in [0.2, 0.25) is 0 Å². The minimum atomic E-state index is 0.0624. The summed E-state index contributed by atoms with van der Waals surface area (Å²) in [5, 5.41) is 3.21. The smallest absolute Gasteiger partial charge is 0.148 e. The van der Waals surface area contributed by atoms with Gasteiger partial charge in [0.1, 0.15) is 18.0 Å². The summed E-state index contributed by atoms with van der Waals surface area (Å²) in [7, 11) is 0. The van der Waals surface area contributed by atoms with E-state index in [9.17, 15) is 0 Å². The first-order valence-corrected chi connectivity index (χ1v) is 5.52. The Balaban J connectivity index is 1.93. The van der Waals surface area contributed by atoms with Gasteiger partial charge in [0.15, 0.2) is 0 Å². The Hall–Kier alpha value is -1.44. The van der Waals surface area contributed by atoms with E-state index >= 15 is 0 Å². The number of nitrogens with two attached hydrogens (primary N) is 1. The molecule has 1 atom stereocenters. The topological polar surface area (TPSA) is 94.3 Å². The monoisotopic (exact) mass is 239 g/mol. The standard InChI is InChI=1S/C10H17N5O2/c1-7-9(13-6-14-10(7)15-11)12-4-8-5-16-2-3-17-8/h6,8H,2-5,11H2,1H3,(H2,12,13,14,15). The highest BCUT2D eigenvalue weighted by Gasteiger charge is 2.15. The first-order valence-electron chi connectivity index (χ1n) is 5.52. The summed E-state index contributed by atoms with van der Waals surface area (Å²) in [5.41, 5.74) is 3.41. The molecule has 94 valence electrons. The number of nitrogens with one attached hydrogen (secondary N) is 2. The maximum absolute atomic E-state index is 5.52. The van der Waals surface area contributed by atoms with Crippen molar-refractivity contribution in [1.82, 2.24) is 9.97 Å². The zero-order chi connectivity index (χ0) is 12.1. The first kappa shape index (κ1) is 12.0. The molecule has 1 aromatic rings. The van der Waals surface area contributed by atoms with Crippen molar-refractivity contribution in [2.45, 2.75) is 13.0 Å². The van der Waals surface area contributed by atoms with Crippen LogP contribution in [-0.2, 0) is 9.47 Å². The molecule has 0 radical (unpaired) electrons. The number of nitrogen functional groups attached to an aromatic ring is 1.